The number of rotatable bonds is 7. The number of aromatic nitrogens is 3. The third-order valence-electron chi connectivity index (χ3n) is 2.59. The van der Waals surface area contributed by atoms with Crippen LogP contribution in [0.2, 0.25) is 0 Å². The molecular formula is C13H11N5O2S4. The summed E-state index contributed by atoms with van der Waals surface area (Å²) < 4.78 is 2.53. The van der Waals surface area contributed by atoms with Gasteiger partial charge in [-0.1, -0.05) is 47.0 Å². The number of hydrogen-bond acceptors (Lipinski definition) is 9. The molecule has 0 spiro atoms. The van der Waals surface area contributed by atoms with Crippen molar-refractivity contribution in [1.82, 2.24) is 15.2 Å². The number of nitrogens with one attached hydrogen (secondary N) is 1. The molecule has 3 rings (SSSR count). The Morgan fingerprint density at radius 2 is 1.88 bits per heavy atom. The lowest BCUT2D eigenvalue weighted by Gasteiger charge is -1.98. The van der Waals surface area contributed by atoms with Crippen LogP contribution in [0.3, 0.4) is 0 Å². The monoisotopic (exact) mass is 397 g/mol. The number of amides is 2. The molecule has 2 heterocycles. The molecule has 0 aliphatic rings. The number of benzene rings is 1. The van der Waals surface area contributed by atoms with Gasteiger partial charge in [0.15, 0.2) is 8.68 Å². The Hall–Kier alpha value is -1.69. The minimum absolute atomic E-state index is 0.135. The topological polar surface area (TPSA) is 111 Å². The summed E-state index contributed by atoms with van der Waals surface area (Å²) in [6.45, 7) is 0. The van der Waals surface area contributed by atoms with E-state index in [9.17, 15) is 9.59 Å². The number of nitrogens with two attached hydrogens (primary N) is 1. The third-order valence-corrected chi connectivity index (χ3v) is 6.77. The van der Waals surface area contributed by atoms with E-state index in [4.69, 9.17) is 5.73 Å². The van der Waals surface area contributed by atoms with Gasteiger partial charge in [-0.25, -0.2) is 4.98 Å². The molecule has 0 unspecified atom stereocenters. The van der Waals surface area contributed by atoms with Crippen molar-refractivity contribution in [3.8, 4) is 0 Å². The van der Waals surface area contributed by atoms with E-state index < -0.39 is 5.91 Å². The number of nitrogens with zero attached hydrogens (tertiary/aromatic N) is 3. The summed E-state index contributed by atoms with van der Waals surface area (Å²) in [7, 11) is 0. The van der Waals surface area contributed by atoms with Crippen molar-refractivity contribution in [2.45, 2.75) is 8.68 Å². The van der Waals surface area contributed by atoms with E-state index in [0.29, 0.717) is 9.47 Å². The van der Waals surface area contributed by atoms with E-state index in [-0.39, 0.29) is 17.4 Å². The summed E-state index contributed by atoms with van der Waals surface area (Å²) in [4.78, 5) is 27.2. The van der Waals surface area contributed by atoms with Crippen molar-refractivity contribution in [3.63, 3.8) is 0 Å². The van der Waals surface area contributed by atoms with Gasteiger partial charge in [-0.05, 0) is 12.1 Å². The first-order valence-corrected chi connectivity index (χ1v) is 10.2. The van der Waals surface area contributed by atoms with Gasteiger partial charge < -0.3 is 5.73 Å². The SMILES string of the molecule is NC(=O)CSc1nnc(NC(=O)CSc2nc3ccccc3s2)s1. The lowest BCUT2D eigenvalue weighted by atomic mass is 10.3. The molecule has 7 nitrogen and oxygen atoms in total. The third kappa shape index (κ3) is 4.66. The molecule has 0 fully saturated rings. The molecule has 3 aromatic rings. The first-order valence-electron chi connectivity index (χ1n) is 6.63. The maximum atomic E-state index is 12.0. The average Bonchev–Trinajstić information content (AvgIpc) is 3.17. The van der Waals surface area contributed by atoms with Gasteiger partial charge in [0.05, 0.1) is 21.7 Å². The Bertz CT molecular complexity index is 845. The maximum Gasteiger partial charge on any atom is 0.236 e. The van der Waals surface area contributed by atoms with E-state index in [1.54, 1.807) is 11.3 Å². The van der Waals surface area contributed by atoms with E-state index in [2.05, 4.69) is 20.5 Å². The molecule has 1 aromatic carbocycles. The van der Waals surface area contributed by atoms with Crippen LogP contribution in [-0.4, -0.2) is 38.5 Å². The molecule has 0 aliphatic heterocycles. The highest BCUT2D eigenvalue weighted by Gasteiger charge is 2.11. The fourth-order valence-corrected chi connectivity index (χ4v) is 5.02. The molecule has 0 aliphatic carbocycles. The predicted octanol–water partition coefficient (Wildman–Crippen LogP) is 2.46. The Morgan fingerprint density at radius 3 is 2.67 bits per heavy atom. The summed E-state index contributed by atoms with van der Waals surface area (Å²) in [5.74, 6) is -0.228. The van der Waals surface area contributed by atoms with Crippen LogP contribution in [0, 0.1) is 0 Å². The zero-order valence-corrected chi connectivity index (χ0v) is 15.4. The van der Waals surface area contributed by atoms with E-state index in [1.165, 1.54) is 34.9 Å². The van der Waals surface area contributed by atoms with Gasteiger partial charge >= 0.3 is 0 Å². The second-order valence-electron chi connectivity index (χ2n) is 4.41. The Morgan fingerprint density at radius 1 is 1.08 bits per heavy atom. The summed E-state index contributed by atoms with van der Waals surface area (Å²) in [6, 6.07) is 7.85. The maximum absolute atomic E-state index is 12.0. The predicted molar refractivity (Wildman–Crippen MR) is 98.8 cm³/mol. The van der Waals surface area contributed by atoms with Crippen molar-refractivity contribution in [3.05, 3.63) is 24.3 Å². The molecule has 24 heavy (non-hydrogen) atoms. The van der Waals surface area contributed by atoms with Crippen LogP contribution in [0.5, 0.6) is 0 Å². The molecular weight excluding hydrogens is 386 g/mol. The molecule has 0 saturated heterocycles. The first kappa shape index (κ1) is 17.1. The Kier molecular flexibility index (Phi) is 5.66. The quantitative estimate of drug-likeness (QED) is 0.465. The zero-order chi connectivity index (χ0) is 16.9. The smallest absolute Gasteiger partial charge is 0.236 e. The van der Waals surface area contributed by atoms with Crippen molar-refractivity contribution in [2.24, 2.45) is 5.73 Å². The number of anilines is 1. The average molecular weight is 398 g/mol. The molecule has 2 aromatic heterocycles. The molecule has 2 amide bonds. The van der Waals surface area contributed by atoms with Crippen molar-refractivity contribution in [2.75, 3.05) is 16.8 Å². The van der Waals surface area contributed by atoms with Gasteiger partial charge in [0, 0.05) is 0 Å². The summed E-state index contributed by atoms with van der Waals surface area (Å²) in [5, 5.41) is 10.8. The van der Waals surface area contributed by atoms with Crippen LogP contribution in [0.4, 0.5) is 5.13 Å². The Labute approximate surface area is 153 Å². The van der Waals surface area contributed by atoms with Gasteiger partial charge in [-0.15, -0.1) is 21.5 Å². The van der Waals surface area contributed by atoms with E-state index >= 15 is 0 Å². The van der Waals surface area contributed by atoms with Crippen LogP contribution < -0.4 is 11.1 Å². The van der Waals surface area contributed by atoms with Gasteiger partial charge in [0.2, 0.25) is 16.9 Å². The summed E-state index contributed by atoms with van der Waals surface area (Å²) in [6.07, 6.45) is 0. The van der Waals surface area contributed by atoms with Crippen molar-refractivity contribution in [1.29, 1.82) is 0 Å². The lowest BCUT2D eigenvalue weighted by Crippen LogP contribution is -2.13. The van der Waals surface area contributed by atoms with Gasteiger partial charge in [0.25, 0.3) is 0 Å². The molecule has 0 radical (unpaired) electrons. The van der Waals surface area contributed by atoms with Gasteiger partial charge in [-0.3, -0.25) is 14.9 Å². The van der Waals surface area contributed by atoms with Crippen LogP contribution in [-0.2, 0) is 9.59 Å². The molecule has 124 valence electrons. The fraction of sp³-hybridized carbons (Fsp3) is 0.154. The van der Waals surface area contributed by atoms with Crippen LogP contribution in [0.1, 0.15) is 0 Å². The lowest BCUT2D eigenvalue weighted by molar-refractivity contribution is -0.115. The molecule has 0 bridgehead atoms. The number of fused-ring (bicyclic) bond motifs is 1. The number of hydrogen-bond donors (Lipinski definition) is 2. The second kappa shape index (κ2) is 7.92. The van der Waals surface area contributed by atoms with Gasteiger partial charge in [-0.2, -0.15) is 0 Å². The molecule has 0 saturated carbocycles. The number of para-hydroxylation sites is 1. The number of carbonyl (C=O) groups excluding carboxylic acids is 2. The van der Waals surface area contributed by atoms with Crippen molar-refractivity contribution < 1.29 is 9.59 Å². The van der Waals surface area contributed by atoms with Crippen LogP contribution in [0.15, 0.2) is 32.9 Å². The number of carbonyl (C=O) groups is 2. The van der Waals surface area contributed by atoms with Gasteiger partial charge in [0.1, 0.15) is 0 Å². The normalized spacial score (nSPS) is 10.8. The number of thiazole rings is 1. The standard InChI is InChI=1S/C13H11N5O2S4/c14-9(19)5-21-13-18-17-11(24-13)16-10(20)6-22-12-15-7-3-1-2-4-8(7)23-12/h1-4H,5-6H2,(H2,14,19)(H,16,17,20). The molecule has 3 N–H and O–H groups in total. The minimum atomic E-state index is -0.423. The zero-order valence-electron chi connectivity index (χ0n) is 12.1. The largest absolute Gasteiger partial charge is 0.369 e. The van der Waals surface area contributed by atoms with E-state index in [0.717, 1.165) is 14.6 Å². The Balaban J connectivity index is 1.51. The summed E-state index contributed by atoms with van der Waals surface area (Å²) >= 11 is 5.34. The second-order valence-corrected chi connectivity index (χ2v) is 8.87. The summed E-state index contributed by atoms with van der Waals surface area (Å²) in [5.41, 5.74) is 6.01. The number of primary amides is 1. The molecule has 0 atom stereocenters. The fourth-order valence-electron chi connectivity index (χ4n) is 1.65. The van der Waals surface area contributed by atoms with Crippen molar-refractivity contribution >= 4 is 73.4 Å². The number of thioether (sulfide) groups is 2. The highest BCUT2D eigenvalue weighted by atomic mass is 32.2. The van der Waals surface area contributed by atoms with Crippen LogP contribution in [0.25, 0.3) is 10.2 Å². The first-order chi connectivity index (χ1) is 11.6. The van der Waals surface area contributed by atoms with E-state index in [1.807, 2.05) is 24.3 Å². The highest BCUT2D eigenvalue weighted by molar-refractivity contribution is 8.02. The van der Waals surface area contributed by atoms with Crippen LogP contribution >= 0.6 is 46.2 Å². The molecule has 11 heteroatoms. The minimum Gasteiger partial charge on any atom is -0.369 e. The highest BCUT2D eigenvalue weighted by Crippen LogP contribution is 2.29.